The predicted molar refractivity (Wildman–Crippen MR) is 115 cm³/mol. The highest BCUT2D eigenvalue weighted by Gasteiger charge is 2.25. The van der Waals surface area contributed by atoms with Gasteiger partial charge in [-0.15, -0.1) is 0 Å². The van der Waals surface area contributed by atoms with Gasteiger partial charge in [-0.1, -0.05) is 0 Å². The number of phenols is 1. The number of hydrogen-bond acceptors (Lipinski definition) is 6. The lowest BCUT2D eigenvalue weighted by Crippen LogP contribution is -2.24. The second-order valence-electron chi connectivity index (χ2n) is 7.92. The summed E-state index contributed by atoms with van der Waals surface area (Å²) in [5.41, 5.74) is 2.85. The van der Waals surface area contributed by atoms with Crippen molar-refractivity contribution in [3.05, 3.63) is 30.3 Å². The minimum Gasteiger partial charge on any atom is -0.508 e. The van der Waals surface area contributed by atoms with E-state index >= 15 is 0 Å². The van der Waals surface area contributed by atoms with Crippen LogP contribution in [0.3, 0.4) is 0 Å². The number of aromatic hydroxyl groups is 1. The Kier molecular flexibility index (Phi) is 4.75. The van der Waals surface area contributed by atoms with Crippen molar-refractivity contribution in [1.29, 1.82) is 0 Å². The van der Waals surface area contributed by atoms with Crippen molar-refractivity contribution >= 4 is 22.8 Å². The molecule has 2 aliphatic heterocycles. The predicted octanol–water partition coefficient (Wildman–Crippen LogP) is 3.00. The van der Waals surface area contributed by atoms with Crippen LogP contribution < -0.4 is 9.80 Å². The third-order valence-electron chi connectivity index (χ3n) is 6.00. The van der Waals surface area contributed by atoms with Crippen molar-refractivity contribution in [3.63, 3.8) is 0 Å². The van der Waals surface area contributed by atoms with Gasteiger partial charge in [-0.3, -0.25) is 0 Å². The van der Waals surface area contributed by atoms with Crippen LogP contribution in [0.5, 0.6) is 5.75 Å². The lowest BCUT2D eigenvalue weighted by atomic mass is 10.1. The second kappa shape index (κ2) is 7.55. The van der Waals surface area contributed by atoms with Gasteiger partial charge in [-0.25, -0.2) is 0 Å². The van der Waals surface area contributed by atoms with Crippen LogP contribution in [0.2, 0.25) is 0 Å². The minimum atomic E-state index is 0.0387. The number of benzene rings is 1. The number of aromatic nitrogens is 3. The van der Waals surface area contributed by atoms with Gasteiger partial charge in [-0.05, 0) is 61.6 Å². The van der Waals surface area contributed by atoms with E-state index in [1.165, 1.54) is 25.7 Å². The van der Waals surface area contributed by atoms with Gasteiger partial charge in [0, 0.05) is 32.7 Å². The summed E-state index contributed by atoms with van der Waals surface area (Å²) in [4.78, 5) is 14.6. The molecule has 3 aromatic rings. The quantitative estimate of drug-likeness (QED) is 0.694. The molecular formula is C22H27N5O2. The van der Waals surface area contributed by atoms with Crippen molar-refractivity contribution < 1.29 is 10.2 Å². The maximum Gasteiger partial charge on any atom is 0.229 e. The molecule has 152 valence electrons. The number of aliphatic hydroxyl groups is 1. The number of aliphatic hydroxyl groups excluding tert-OH is 1. The first-order valence-electron chi connectivity index (χ1n) is 10.6. The normalized spacial score (nSPS) is 17.0. The smallest absolute Gasteiger partial charge is 0.229 e. The zero-order valence-electron chi connectivity index (χ0n) is 16.6. The Hall–Kier alpha value is -2.80. The topological polar surface area (TPSA) is 77.7 Å². The first-order valence-corrected chi connectivity index (χ1v) is 10.6. The van der Waals surface area contributed by atoms with Gasteiger partial charge in [0.2, 0.25) is 5.95 Å². The van der Waals surface area contributed by atoms with Crippen LogP contribution in [0, 0.1) is 0 Å². The van der Waals surface area contributed by atoms with Crippen LogP contribution in [0.1, 0.15) is 25.7 Å². The van der Waals surface area contributed by atoms with Gasteiger partial charge in [0.15, 0.2) is 0 Å². The highest BCUT2D eigenvalue weighted by atomic mass is 16.3. The number of anilines is 2. The van der Waals surface area contributed by atoms with Gasteiger partial charge in [-0.2, -0.15) is 9.97 Å². The molecule has 0 unspecified atom stereocenters. The van der Waals surface area contributed by atoms with Crippen LogP contribution >= 0.6 is 0 Å². The zero-order valence-corrected chi connectivity index (χ0v) is 16.6. The monoisotopic (exact) mass is 393 g/mol. The van der Waals surface area contributed by atoms with E-state index in [0.717, 1.165) is 60.2 Å². The molecule has 2 N–H and O–H groups in total. The fraction of sp³-hybridized carbons (Fsp3) is 0.455. The van der Waals surface area contributed by atoms with Crippen LogP contribution in [-0.2, 0) is 6.54 Å². The van der Waals surface area contributed by atoms with E-state index in [0.29, 0.717) is 6.54 Å². The molecule has 5 rings (SSSR count). The summed E-state index contributed by atoms with van der Waals surface area (Å²) < 4.78 is 2.09. The Bertz CT molecular complexity index is 1000. The molecule has 2 aromatic heterocycles. The molecule has 7 nitrogen and oxygen atoms in total. The highest BCUT2D eigenvalue weighted by molar-refractivity contribution is 5.94. The molecule has 0 aliphatic carbocycles. The van der Waals surface area contributed by atoms with E-state index in [4.69, 9.17) is 9.97 Å². The third-order valence-corrected chi connectivity index (χ3v) is 6.00. The zero-order chi connectivity index (χ0) is 19.8. The summed E-state index contributed by atoms with van der Waals surface area (Å²) in [6.07, 6.45) is 4.73. The lowest BCUT2D eigenvalue weighted by Gasteiger charge is -2.21. The average molecular weight is 393 g/mol. The molecular weight excluding hydrogens is 366 g/mol. The van der Waals surface area contributed by atoms with Crippen LogP contribution in [0.25, 0.3) is 22.3 Å². The Morgan fingerprint density at radius 1 is 0.862 bits per heavy atom. The van der Waals surface area contributed by atoms with Crippen LogP contribution in [0.4, 0.5) is 11.8 Å². The molecule has 0 atom stereocenters. The van der Waals surface area contributed by atoms with Gasteiger partial charge < -0.3 is 24.6 Å². The number of nitrogens with zero attached hydrogens (tertiary/aromatic N) is 5. The van der Waals surface area contributed by atoms with Crippen LogP contribution in [-0.4, -0.2) is 57.5 Å². The van der Waals surface area contributed by atoms with E-state index < -0.39 is 0 Å². The number of rotatable bonds is 5. The number of phenolic OH excluding ortho intramolecular Hbond substituents is 1. The Morgan fingerprint density at radius 3 is 2.17 bits per heavy atom. The largest absolute Gasteiger partial charge is 0.508 e. The van der Waals surface area contributed by atoms with Crippen molar-refractivity contribution in [2.24, 2.45) is 0 Å². The molecule has 29 heavy (non-hydrogen) atoms. The van der Waals surface area contributed by atoms with E-state index in [1.54, 1.807) is 12.1 Å². The molecule has 0 amide bonds. The lowest BCUT2D eigenvalue weighted by molar-refractivity contribution is 0.278. The molecule has 2 fully saturated rings. The van der Waals surface area contributed by atoms with E-state index in [1.807, 2.05) is 12.1 Å². The van der Waals surface area contributed by atoms with Crippen LogP contribution in [0.15, 0.2) is 30.3 Å². The summed E-state index contributed by atoms with van der Waals surface area (Å²) in [7, 11) is 0. The molecule has 0 radical (unpaired) electrons. The fourth-order valence-corrected chi connectivity index (χ4v) is 4.52. The number of hydrogen-bond donors (Lipinski definition) is 2. The highest BCUT2D eigenvalue weighted by Crippen LogP contribution is 2.36. The molecule has 0 bridgehead atoms. The molecule has 2 saturated heterocycles. The molecule has 0 spiro atoms. The number of fused-ring (bicyclic) bond motifs is 1. The average Bonchev–Trinajstić information content (AvgIpc) is 3.50. The van der Waals surface area contributed by atoms with E-state index in [2.05, 4.69) is 20.4 Å². The Labute approximate surface area is 170 Å². The summed E-state index contributed by atoms with van der Waals surface area (Å²) >= 11 is 0. The van der Waals surface area contributed by atoms with E-state index in [-0.39, 0.29) is 12.4 Å². The maximum atomic E-state index is 9.75. The molecule has 7 heteroatoms. The van der Waals surface area contributed by atoms with Gasteiger partial charge in [0.05, 0.1) is 17.7 Å². The SMILES string of the molecule is OCCn1c(-c2ccc(O)cc2)cc2c(N3CCCC3)nc(N3CCCC3)nc21. The van der Waals surface area contributed by atoms with Gasteiger partial charge >= 0.3 is 0 Å². The minimum absolute atomic E-state index is 0.0387. The Morgan fingerprint density at radius 2 is 1.52 bits per heavy atom. The van der Waals surface area contributed by atoms with Crippen molar-refractivity contribution in [1.82, 2.24) is 14.5 Å². The van der Waals surface area contributed by atoms with Gasteiger partial charge in [0.1, 0.15) is 17.2 Å². The van der Waals surface area contributed by atoms with Crippen molar-refractivity contribution in [2.75, 3.05) is 42.6 Å². The molecule has 2 aliphatic rings. The molecule has 0 saturated carbocycles. The molecule has 1 aromatic carbocycles. The Balaban J connectivity index is 1.72. The third kappa shape index (κ3) is 3.29. The molecule has 4 heterocycles. The van der Waals surface area contributed by atoms with Crippen molar-refractivity contribution in [2.45, 2.75) is 32.2 Å². The maximum absolute atomic E-state index is 9.75. The fourth-order valence-electron chi connectivity index (χ4n) is 4.52. The summed E-state index contributed by atoms with van der Waals surface area (Å²) in [6.45, 7) is 4.54. The first kappa shape index (κ1) is 18.2. The summed E-state index contributed by atoms with van der Waals surface area (Å²) in [6, 6.07) is 9.33. The summed E-state index contributed by atoms with van der Waals surface area (Å²) in [5, 5.41) is 20.5. The first-order chi connectivity index (χ1) is 14.2. The standard InChI is InChI=1S/C22H27N5O2/c28-14-13-27-19(16-5-7-17(29)8-6-16)15-18-20(25-9-1-2-10-25)23-22(24-21(18)27)26-11-3-4-12-26/h5-8,15,28-29H,1-4,9-14H2. The van der Waals surface area contributed by atoms with Gasteiger partial charge in [0.25, 0.3) is 0 Å². The van der Waals surface area contributed by atoms with E-state index in [9.17, 15) is 10.2 Å². The van der Waals surface area contributed by atoms with Crippen molar-refractivity contribution in [3.8, 4) is 17.0 Å². The summed E-state index contributed by atoms with van der Waals surface area (Å²) in [5.74, 6) is 2.05. The second-order valence-corrected chi connectivity index (χ2v) is 7.92.